The average molecular weight is 408 g/mol. The highest BCUT2D eigenvalue weighted by atomic mass is 32.2. The Morgan fingerprint density at radius 3 is 2.38 bits per heavy atom. The molecular formula is C24H25NO3S. The minimum atomic E-state index is -3.79. The van der Waals surface area contributed by atoms with Crippen LogP contribution in [0.5, 0.6) is 0 Å². The smallest absolute Gasteiger partial charge is 0.268 e. The number of allylic oxidation sites excluding steroid dienone is 2. The number of rotatable bonds is 4. The monoisotopic (exact) mass is 407 g/mol. The maximum absolute atomic E-state index is 13.6. The molecule has 0 unspecified atom stereocenters. The summed E-state index contributed by atoms with van der Waals surface area (Å²) in [5, 5.41) is 0.680. The van der Waals surface area contributed by atoms with Crippen molar-refractivity contribution in [3.8, 4) is 0 Å². The summed E-state index contributed by atoms with van der Waals surface area (Å²) in [6.45, 7) is 6.33. The molecule has 3 aromatic rings. The largest absolute Gasteiger partial charge is 0.294 e. The molecule has 0 saturated heterocycles. The predicted molar refractivity (Wildman–Crippen MR) is 116 cm³/mol. The van der Waals surface area contributed by atoms with Crippen molar-refractivity contribution in [3.63, 3.8) is 0 Å². The molecule has 0 fully saturated rings. The molecule has 29 heavy (non-hydrogen) atoms. The second-order valence-electron chi connectivity index (χ2n) is 8.54. The van der Waals surface area contributed by atoms with Crippen molar-refractivity contribution < 1.29 is 13.2 Å². The second kappa shape index (κ2) is 6.99. The fourth-order valence-corrected chi connectivity index (χ4v) is 5.84. The molecule has 2 aromatic carbocycles. The van der Waals surface area contributed by atoms with E-state index < -0.39 is 10.0 Å². The number of hydrogen-bond donors (Lipinski definition) is 0. The Bertz CT molecular complexity index is 1220. The lowest BCUT2D eigenvalue weighted by Crippen LogP contribution is -2.33. The summed E-state index contributed by atoms with van der Waals surface area (Å²) >= 11 is 0. The lowest BCUT2D eigenvalue weighted by molar-refractivity contribution is 0.0786. The van der Waals surface area contributed by atoms with E-state index in [1.165, 1.54) is 15.7 Å². The first kappa shape index (κ1) is 19.6. The highest BCUT2D eigenvalue weighted by Gasteiger charge is 2.38. The normalized spacial score (nSPS) is 19.1. The van der Waals surface area contributed by atoms with E-state index in [1.807, 2.05) is 12.1 Å². The zero-order valence-electron chi connectivity index (χ0n) is 16.9. The van der Waals surface area contributed by atoms with Crippen LogP contribution in [0, 0.1) is 11.3 Å². The van der Waals surface area contributed by atoms with Crippen LogP contribution in [0.25, 0.3) is 10.9 Å². The van der Waals surface area contributed by atoms with Crippen molar-refractivity contribution in [2.45, 2.75) is 38.5 Å². The number of Topliss-reactive ketones (excluding diaryl/α,β-unsaturated/α-hetero) is 1. The van der Waals surface area contributed by atoms with Crippen LogP contribution in [0.15, 0.2) is 77.3 Å². The van der Waals surface area contributed by atoms with Gasteiger partial charge in [0.15, 0.2) is 5.78 Å². The summed E-state index contributed by atoms with van der Waals surface area (Å²) in [7, 11) is -3.79. The highest BCUT2D eigenvalue weighted by Crippen LogP contribution is 2.43. The number of hydrogen-bond acceptors (Lipinski definition) is 3. The average Bonchev–Trinajstić information content (AvgIpc) is 3.08. The lowest BCUT2D eigenvalue weighted by atomic mass is 9.67. The van der Waals surface area contributed by atoms with Crippen molar-refractivity contribution >= 4 is 26.7 Å². The number of aromatic nitrogens is 1. The number of carbonyl (C=O) groups excluding carboxylic acids is 1. The standard InChI is InChI=1S/C24H25NO3S/c1-17-13-14-21(24(2,3)15-17)23(26)20-16-25(22-12-8-7-11-19(20)22)29(27,28)18-9-5-4-6-10-18/h4-13,16,21H,14-15H2,1-3H3/t21-/m0/s1. The Morgan fingerprint density at radius 1 is 1.03 bits per heavy atom. The Labute approximate surface area is 171 Å². The molecule has 0 N–H and O–H groups in total. The maximum Gasteiger partial charge on any atom is 0.268 e. The predicted octanol–water partition coefficient (Wildman–Crippen LogP) is 5.44. The Kier molecular flexibility index (Phi) is 4.74. The minimum Gasteiger partial charge on any atom is -0.294 e. The van der Waals surface area contributed by atoms with Gasteiger partial charge in [-0.25, -0.2) is 12.4 Å². The van der Waals surface area contributed by atoms with E-state index in [1.54, 1.807) is 42.5 Å². The molecule has 0 amide bonds. The van der Waals surface area contributed by atoms with Crippen LogP contribution >= 0.6 is 0 Å². The van der Waals surface area contributed by atoms with Gasteiger partial charge < -0.3 is 0 Å². The van der Waals surface area contributed by atoms with Gasteiger partial charge in [0, 0.05) is 23.1 Å². The van der Waals surface area contributed by atoms with Gasteiger partial charge in [-0.3, -0.25) is 4.79 Å². The van der Waals surface area contributed by atoms with E-state index in [4.69, 9.17) is 0 Å². The van der Waals surface area contributed by atoms with Gasteiger partial charge in [0.1, 0.15) is 0 Å². The topological polar surface area (TPSA) is 56.1 Å². The summed E-state index contributed by atoms with van der Waals surface area (Å²) in [4.78, 5) is 13.8. The number of fused-ring (bicyclic) bond motifs is 1. The molecule has 4 nitrogen and oxygen atoms in total. The van der Waals surface area contributed by atoms with E-state index in [0.717, 1.165) is 6.42 Å². The van der Waals surface area contributed by atoms with E-state index in [2.05, 4.69) is 26.8 Å². The molecule has 5 heteroatoms. The second-order valence-corrected chi connectivity index (χ2v) is 10.4. The molecule has 0 bridgehead atoms. The Balaban J connectivity index is 1.87. The molecule has 150 valence electrons. The SMILES string of the molecule is CC1=CC[C@@H](C(=O)c2cn(S(=O)(=O)c3ccccc3)c3ccccc23)C(C)(C)C1. The fourth-order valence-electron chi connectivity index (χ4n) is 4.45. The third kappa shape index (κ3) is 3.33. The van der Waals surface area contributed by atoms with Crippen LogP contribution in [-0.4, -0.2) is 18.2 Å². The van der Waals surface area contributed by atoms with Crippen LogP contribution in [-0.2, 0) is 10.0 Å². The van der Waals surface area contributed by atoms with Crippen LogP contribution in [0.2, 0.25) is 0 Å². The Hall–Kier alpha value is -2.66. The van der Waals surface area contributed by atoms with Crippen LogP contribution in [0.1, 0.15) is 44.0 Å². The summed E-state index contributed by atoms with van der Waals surface area (Å²) in [6, 6.07) is 15.5. The van der Waals surface area contributed by atoms with E-state index in [9.17, 15) is 13.2 Å². The first-order valence-corrected chi connectivity index (χ1v) is 11.3. The number of para-hydroxylation sites is 1. The molecular weight excluding hydrogens is 382 g/mol. The van der Waals surface area contributed by atoms with E-state index in [0.29, 0.717) is 22.9 Å². The molecule has 0 radical (unpaired) electrons. The summed E-state index contributed by atoms with van der Waals surface area (Å²) < 4.78 is 27.8. The van der Waals surface area contributed by atoms with Gasteiger partial charge >= 0.3 is 0 Å². The maximum atomic E-state index is 13.6. The molecule has 4 rings (SSSR count). The van der Waals surface area contributed by atoms with Crippen LogP contribution in [0.3, 0.4) is 0 Å². The first-order valence-electron chi connectivity index (χ1n) is 9.82. The van der Waals surface area contributed by atoms with Crippen molar-refractivity contribution in [3.05, 3.63) is 78.0 Å². The van der Waals surface area contributed by atoms with Crippen molar-refractivity contribution in [1.29, 1.82) is 0 Å². The molecule has 1 aliphatic carbocycles. The van der Waals surface area contributed by atoms with Crippen molar-refractivity contribution in [2.24, 2.45) is 11.3 Å². The number of carbonyl (C=O) groups is 1. The molecule has 0 spiro atoms. The van der Waals surface area contributed by atoms with Crippen molar-refractivity contribution in [1.82, 2.24) is 3.97 Å². The molecule has 1 aromatic heterocycles. The van der Waals surface area contributed by atoms with Crippen LogP contribution in [0.4, 0.5) is 0 Å². The van der Waals surface area contributed by atoms with Gasteiger partial charge in [-0.1, -0.05) is 61.9 Å². The number of benzene rings is 2. The van der Waals surface area contributed by atoms with Gasteiger partial charge in [0.2, 0.25) is 0 Å². The van der Waals surface area contributed by atoms with Gasteiger partial charge in [-0.05, 0) is 43.4 Å². The fraction of sp³-hybridized carbons (Fsp3) is 0.292. The van der Waals surface area contributed by atoms with Gasteiger partial charge in [0.25, 0.3) is 10.0 Å². The quantitative estimate of drug-likeness (QED) is 0.427. The van der Waals surface area contributed by atoms with E-state index >= 15 is 0 Å². The zero-order valence-corrected chi connectivity index (χ0v) is 17.7. The zero-order chi connectivity index (χ0) is 20.8. The van der Waals surface area contributed by atoms with Gasteiger partial charge in [-0.15, -0.1) is 0 Å². The molecule has 1 aliphatic rings. The number of nitrogens with zero attached hydrogens (tertiary/aromatic N) is 1. The Morgan fingerprint density at radius 2 is 1.69 bits per heavy atom. The summed E-state index contributed by atoms with van der Waals surface area (Å²) in [6.07, 6.45) is 5.19. The van der Waals surface area contributed by atoms with Crippen molar-refractivity contribution in [2.75, 3.05) is 0 Å². The van der Waals surface area contributed by atoms with Gasteiger partial charge in [-0.2, -0.15) is 0 Å². The van der Waals surface area contributed by atoms with Gasteiger partial charge in [0.05, 0.1) is 10.4 Å². The third-order valence-corrected chi connectivity index (χ3v) is 7.63. The number of ketones is 1. The van der Waals surface area contributed by atoms with Crippen LogP contribution < -0.4 is 0 Å². The van der Waals surface area contributed by atoms with E-state index in [-0.39, 0.29) is 22.0 Å². The summed E-state index contributed by atoms with van der Waals surface area (Å²) in [5.41, 5.74) is 2.14. The lowest BCUT2D eigenvalue weighted by Gasteiger charge is -2.36. The third-order valence-electron chi connectivity index (χ3n) is 5.94. The first-order chi connectivity index (χ1) is 13.7. The minimum absolute atomic E-state index is 0.0111. The highest BCUT2D eigenvalue weighted by molar-refractivity contribution is 7.90. The molecule has 1 atom stereocenters. The molecule has 1 heterocycles. The molecule has 0 aliphatic heterocycles. The summed E-state index contributed by atoms with van der Waals surface area (Å²) in [5.74, 6) is -0.165. The molecule has 0 saturated carbocycles.